The third-order valence-corrected chi connectivity index (χ3v) is 2.35. The number of likely N-dealkylation sites (tertiary alicyclic amines) is 1. The Bertz CT molecular complexity index is 149. The summed E-state index contributed by atoms with van der Waals surface area (Å²) in [5, 5.41) is 0. The van der Waals surface area contributed by atoms with Crippen molar-refractivity contribution in [2.75, 3.05) is 13.2 Å². The lowest BCUT2D eigenvalue weighted by Gasteiger charge is -2.25. The zero-order valence-corrected chi connectivity index (χ0v) is 8.20. The molecule has 1 rings (SSSR count). The highest BCUT2D eigenvalue weighted by molar-refractivity contribution is 7.09. The Morgan fingerprint density at radius 2 is 2.55 bits per heavy atom. The van der Waals surface area contributed by atoms with Gasteiger partial charge in [0.15, 0.2) is 0 Å². The Morgan fingerprint density at radius 3 is 3.09 bits per heavy atom. The highest BCUT2D eigenvalue weighted by Gasteiger charge is 2.23. The Morgan fingerprint density at radius 1 is 1.82 bits per heavy atom. The van der Waals surface area contributed by atoms with Crippen LogP contribution in [0, 0.1) is 0 Å². The second-order valence-electron chi connectivity index (χ2n) is 3.06. The third kappa shape index (κ3) is 2.18. The second-order valence-corrected chi connectivity index (χ2v) is 3.39. The van der Waals surface area contributed by atoms with E-state index in [9.17, 15) is 0 Å². The molecule has 0 saturated carbocycles. The first-order chi connectivity index (χ1) is 5.25. The van der Waals surface area contributed by atoms with E-state index in [4.69, 9.17) is 4.52 Å². The Balaban J connectivity index is 2.44. The van der Waals surface area contributed by atoms with Crippen LogP contribution in [0.25, 0.3) is 0 Å². The summed E-state index contributed by atoms with van der Waals surface area (Å²) in [6.07, 6.45) is 2.51. The fraction of sp³-hybridized carbons (Fsp3) is 0.750. The van der Waals surface area contributed by atoms with Crippen molar-refractivity contribution in [3.63, 3.8) is 0 Å². The molecule has 11 heavy (non-hydrogen) atoms. The SMILES string of the molecule is C=C(C)N1CCCC1COP. The predicted octanol–water partition coefficient (Wildman–Crippen LogP) is 1.79. The first-order valence-electron chi connectivity index (χ1n) is 3.99. The Hall–Kier alpha value is -0.0700. The van der Waals surface area contributed by atoms with Gasteiger partial charge >= 0.3 is 0 Å². The standard InChI is InChI=1S/C8H16NOP/c1-7(2)9-5-3-4-8(9)6-10-11/h8H,1,3-6,11H2,2H3. The summed E-state index contributed by atoms with van der Waals surface area (Å²) >= 11 is 0. The van der Waals surface area contributed by atoms with Crippen LogP contribution in [0.5, 0.6) is 0 Å². The first-order valence-corrected chi connectivity index (χ1v) is 4.46. The van der Waals surface area contributed by atoms with Crippen LogP contribution in [0.1, 0.15) is 19.8 Å². The quantitative estimate of drug-likeness (QED) is 0.603. The molecule has 0 bridgehead atoms. The Kier molecular flexibility index (Phi) is 3.35. The fourth-order valence-electron chi connectivity index (χ4n) is 1.62. The summed E-state index contributed by atoms with van der Waals surface area (Å²) in [5.41, 5.74) is 1.16. The molecule has 0 aliphatic carbocycles. The second kappa shape index (κ2) is 4.08. The van der Waals surface area contributed by atoms with Crippen LogP contribution in [0.15, 0.2) is 12.3 Å². The third-order valence-electron chi connectivity index (χ3n) is 2.16. The molecule has 64 valence electrons. The van der Waals surface area contributed by atoms with Crippen LogP contribution in [0.2, 0.25) is 0 Å². The van der Waals surface area contributed by atoms with E-state index < -0.39 is 0 Å². The predicted molar refractivity (Wildman–Crippen MR) is 50.2 cm³/mol. The lowest BCUT2D eigenvalue weighted by molar-refractivity contribution is 0.225. The molecular formula is C8H16NOP. The van der Waals surface area contributed by atoms with Crippen molar-refractivity contribution in [3.8, 4) is 0 Å². The molecule has 0 spiro atoms. The summed E-state index contributed by atoms with van der Waals surface area (Å²) in [4.78, 5) is 2.32. The fourth-order valence-corrected chi connectivity index (χ4v) is 1.84. The highest BCUT2D eigenvalue weighted by Crippen LogP contribution is 2.21. The van der Waals surface area contributed by atoms with Crippen molar-refractivity contribution in [2.24, 2.45) is 0 Å². The van der Waals surface area contributed by atoms with Crippen LogP contribution in [0.4, 0.5) is 0 Å². The first kappa shape index (κ1) is 9.02. The minimum Gasteiger partial charge on any atom is -0.370 e. The number of hydrogen-bond acceptors (Lipinski definition) is 2. The van der Waals surface area contributed by atoms with E-state index in [0.717, 1.165) is 18.8 Å². The molecule has 0 N–H and O–H groups in total. The molecule has 0 radical (unpaired) electrons. The van der Waals surface area contributed by atoms with E-state index in [0.29, 0.717) is 6.04 Å². The van der Waals surface area contributed by atoms with Gasteiger partial charge in [0, 0.05) is 21.7 Å². The van der Waals surface area contributed by atoms with Gasteiger partial charge in [-0.1, -0.05) is 6.58 Å². The van der Waals surface area contributed by atoms with Gasteiger partial charge < -0.3 is 9.42 Å². The maximum absolute atomic E-state index is 5.04. The van der Waals surface area contributed by atoms with Crippen LogP contribution in [-0.2, 0) is 4.52 Å². The zero-order valence-electron chi connectivity index (χ0n) is 7.05. The van der Waals surface area contributed by atoms with E-state index in [-0.39, 0.29) is 0 Å². The van der Waals surface area contributed by atoms with E-state index in [1.807, 2.05) is 0 Å². The summed E-state index contributed by atoms with van der Waals surface area (Å²) in [6.45, 7) is 7.94. The Labute approximate surface area is 70.9 Å². The van der Waals surface area contributed by atoms with Crippen molar-refractivity contribution in [1.29, 1.82) is 0 Å². The molecular weight excluding hydrogens is 157 g/mol. The summed E-state index contributed by atoms with van der Waals surface area (Å²) < 4.78 is 5.04. The average molecular weight is 173 g/mol. The molecule has 1 heterocycles. The topological polar surface area (TPSA) is 12.5 Å². The van der Waals surface area contributed by atoms with E-state index in [2.05, 4.69) is 27.9 Å². The van der Waals surface area contributed by atoms with Crippen LogP contribution >= 0.6 is 9.47 Å². The number of nitrogens with zero attached hydrogens (tertiary/aromatic N) is 1. The van der Waals surface area contributed by atoms with Crippen molar-refractivity contribution < 1.29 is 4.52 Å². The highest BCUT2D eigenvalue weighted by atomic mass is 31.0. The zero-order chi connectivity index (χ0) is 8.27. The largest absolute Gasteiger partial charge is 0.370 e. The number of rotatable bonds is 3. The number of allylic oxidation sites excluding steroid dienone is 1. The monoisotopic (exact) mass is 173 g/mol. The van der Waals surface area contributed by atoms with Crippen molar-refractivity contribution >= 4 is 9.47 Å². The molecule has 2 atom stereocenters. The van der Waals surface area contributed by atoms with Gasteiger partial charge in [0.1, 0.15) is 0 Å². The van der Waals surface area contributed by atoms with Crippen LogP contribution < -0.4 is 0 Å². The van der Waals surface area contributed by atoms with E-state index in [1.54, 1.807) is 0 Å². The van der Waals surface area contributed by atoms with E-state index in [1.165, 1.54) is 12.8 Å². The maximum atomic E-state index is 5.04. The van der Waals surface area contributed by atoms with Gasteiger partial charge in [0.2, 0.25) is 0 Å². The smallest absolute Gasteiger partial charge is 0.0705 e. The van der Waals surface area contributed by atoms with E-state index >= 15 is 0 Å². The maximum Gasteiger partial charge on any atom is 0.0705 e. The van der Waals surface area contributed by atoms with Crippen LogP contribution in [-0.4, -0.2) is 24.1 Å². The average Bonchev–Trinajstić information content (AvgIpc) is 2.36. The molecule has 2 nitrogen and oxygen atoms in total. The van der Waals surface area contributed by atoms with Crippen molar-refractivity contribution in [3.05, 3.63) is 12.3 Å². The van der Waals surface area contributed by atoms with Gasteiger partial charge in [0.25, 0.3) is 0 Å². The number of hydrogen-bond donors (Lipinski definition) is 0. The molecule has 1 fully saturated rings. The normalized spacial score (nSPS) is 24.2. The van der Waals surface area contributed by atoms with Gasteiger partial charge in [-0.2, -0.15) is 0 Å². The molecule has 0 aromatic carbocycles. The van der Waals surface area contributed by atoms with Crippen molar-refractivity contribution in [1.82, 2.24) is 4.90 Å². The lowest BCUT2D eigenvalue weighted by atomic mass is 10.2. The van der Waals surface area contributed by atoms with Gasteiger partial charge in [-0.25, -0.2) is 0 Å². The molecule has 3 heteroatoms. The van der Waals surface area contributed by atoms with Crippen molar-refractivity contribution in [2.45, 2.75) is 25.8 Å². The summed E-state index contributed by atoms with van der Waals surface area (Å²) in [6, 6.07) is 0.560. The van der Waals surface area contributed by atoms with Gasteiger partial charge in [-0.15, -0.1) is 0 Å². The van der Waals surface area contributed by atoms with Crippen LogP contribution in [0.3, 0.4) is 0 Å². The molecule has 0 aromatic heterocycles. The molecule has 1 aliphatic heterocycles. The summed E-state index contributed by atoms with van der Waals surface area (Å²) in [7, 11) is 2.30. The minimum absolute atomic E-state index is 0.560. The molecule has 2 unspecified atom stereocenters. The molecule has 1 aliphatic rings. The molecule has 0 aromatic rings. The lowest BCUT2D eigenvalue weighted by Crippen LogP contribution is -2.30. The van der Waals surface area contributed by atoms with Gasteiger partial charge in [0.05, 0.1) is 12.6 Å². The molecule has 1 saturated heterocycles. The van der Waals surface area contributed by atoms with Gasteiger partial charge in [-0.05, 0) is 19.8 Å². The molecule has 0 amide bonds. The minimum atomic E-state index is 0.560. The van der Waals surface area contributed by atoms with Gasteiger partial charge in [-0.3, -0.25) is 0 Å². The summed E-state index contributed by atoms with van der Waals surface area (Å²) in [5.74, 6) is 0.